The highest BCUT2D eigenvalue weighted by atomic mass is 79.9. The maximum atomic E-state index is 9.76. The van der Waals surface area contributed by atoms with Gasteiger partial charge in [0.15, 0.2) is 11.5 Å². The second-order valence-corrected chi connectivity index (χ2v) is 5.86. The smallest absolute Gasteiger partial charge is 0.160 e. The highest BCUT2D eigenvalue weighted by Gasteiger charge is 2.24. The fourth-order valence-corrected chi connectivity index (χ4v) is 3.00. The Bertz CT molecular complexity index is 439. The summed E-state index contributed by atoms with van der Waals surface area (Å²) in [5, 5.41) is 22.8. The van der Waals surface area contributed by atoms with Crippen LogP contribution in [0, 0.1) is 5.92 Å². The van der Waals surface area contributed by atoms with Crippen LogP contribution in [0.25, 0.3) is 0 Å². The summed E-state index contributed by atoms with van der Waals surface area (Å²) in [4.78, 5) is 0. The number of aromatic hydroxyl groups is 1. The number of aliphatic hydroxyl groups excluding tert-OH is 1. The van der Waals surface area contributed by atoms with E-state index in [1.54, 1.807) is 6.07 Å². The minimum absolute atomic E-state index is 0.129. The van der Waals surface area contributed by atoms with Crippen LogP contribution in [-0.4, -0.2) is 30.0 Å². The van der Waals surface area contributed by atoms with E-state index in [0.29, 0.717) is 18.2 Å². The molecule has 3 N–H and O–H groups in total. The molecule has 0 saturated heterocycles. The molecule has 0 bridgehead atoms. The van der Waals surface area contributed by atoms with Crippen molar-refractivity contribution in [3.8, 4) is 11.5 Å². The molecule has 2 atom stereocenters. The Labute approximate surface area is 121 Å². The molecule has 1 aliphatic rings. The van der Waals surface area contributed by atoms with Gasteiger partial charge in [-0.3, -0.25) is 0 Å². The number of hydrogen-bond acceptors (Lipinski definition) is 4. The van der Waals surface area contributed by atoms with E-state index < -0.39 is 0 Å². The Hall–Kier alpha value is -0.780. The number of benzene rings is 1. The van der Waals surface area contributed by atoms with Crippen LogP contribution >= 0.6 is 15.9 Å². The first-order valence-electron chi connectivity index (χ1n) is 6.56. The van der Waals surface area contributed by atoms with Crippen LogP contribution < -0.4 is 10.1 Å². The van der Waals surface area contributed by atoms with Crippen molar-refractivity contribution >= 4 is 15.9 Å². The van der Waals surface area contributed by atoms with Gasteiger partial charge in [-0.25, -0.2) is 0 Å². The molecule has 4 nitrogen and oxygen atoms in total. The van der Waals surface area contributed by atoms with Gasteiger partial charge >= 0.3 is 0 Å². The van der Waals surface area contributed by atoms with E-state index in [0.717, 1.165) is 35.8 Å². The van der Waals surface area contributed by atoms with Crippen LogP contribution in [0.5, 0.6) is 11.5 Å². The average Bonchev–Trinajstić information content (AvgIpc) is 2.78. The number of aliphatic hydroxyl groups is 1. The third-order valence-corrected chi connectivity index (χ3v) is 4.43. The molecule has 1 aromatic rings. The second-order valence-electron chi connectivity index (χ2n) is 5.00. The number of phenols is 1. The van der Waals surface area contributed by atoms with Gasteiger partial charge in [-0.2, -0.15) is 0 Å². The molecule has 19 heavy (non-hydrogen) atoms. The van der Waals surface area contributed by atoms with Crippen LogP contribution in [0.15, 0.2) is 16.6 Å². The zero-order valence-corrected chi connectivity index (χ0v) is 12.6. The fourth-order valence-electron chi connectivity index (χ4n) is 2.53. The Morgan fingerprint density at radius 1 is 1.42 bits per heavy atom. The molecule has 0 amide bonds. The number of rotatable bonds is 5. The second kappa shape index (κ2) is 6.59. The average molecular weight is 330 g/mol. The molecule has 106 valence electrons. The molecular weight excluding hydrogens is 310 g/mol. The lowest BCUT2D eigenvalue weighted by atomic mass is 10.1. The van der Waals surface area contributed by atoms with Gasteiger partial charge in [0.25, 0.3) is 0 Å². The Kier molecular flexibility index (Phi) is 5.07. The van der Waals surface area contributed by atoms with Gasteiger partial charge in [0.1, 0.15) is 0 Å². The van der Waals surface area contributed by atoms with Crippen molar-refractivity contribution in [1.82, 2.24) is 5.32 Å². The largest absolute Gasteiger partial charge is 0.504 e. The first kappa shape index (κ1) is 14.6. The van der Waals surface area contributed by atoms with Crippen LogP contribution in [0.2, 0.25) is 0 Å². The van der Waals surface area contributed by atoms with Crippen LogP contribution in [0.4, 0.5) is 0 Å². The summed E-state index contributed by atoms with van der Waals surface area (Å²) in [7, 11) is 1.54. The lowest BCUT2D eigenvalue weighted by Gasteiger charge is -2.16. The third kappa shape index (κ3) is 3.61. The molecule has 0 radical (unpaired) electrons. The van der Waals surface area contributed by atoms with Crippen molar-refractivity contribution in [3.05, 3.63) is 22.2 Å². The summed E-state index contributed by atoms with van der Waals surface area (Å²) in [6, 6.07) is 3.46. The number of methoxy groups -OCH3 is 1. The van der Waals surface area contributed by atoms with Crippen LogP contribution in [0.3, 0.4) is 0 Å². The van der Waals surface area contributed by atoms with E-state index in [1.165, 1.54) is 7.11 Å². The van der Waals surface area contributed by atoms with Crippen molar-refractivity contribution in [2.45, 2.75) is 31.9 Å². The molecule has 0 aromatic heterocycles. The SMILES string of the molecule is COc1cc(CNCC2CCCC2O)c(Br)cc1O. The number of ether oxygens (including phenoxy) is 1. The molecule has 1 saturated carbocycles. The van der Waals surface area contributed by atoms with Gasteiger partial charge in [-0.05, 0) is 36.5 Å². The molecule has 0 heterocycles. The first-order valence-corrected chi connectivity index (χ1v) is 7.35. The maximum Gasteiger partial charge on any atom is 0.160 e. The minimum Gasteiger partial charge on any atom is -0.504 e. The normalized spacial score (nSPS) is 22.7. The minimum atomic E-state index is -0.162. The van der Waals surface area contributed by atoms with Gasteiger partial charge in [0.05, 0.1) is 13.2 Å². The van der Waals surface area contributed by atoms with Crippen LogP contribution in [-0.2, 0) is 6.54 Å². The van der Waals surface area contributed by atoms with Crippen molar-refractivity contribution in [1.29, 1.82) is 0 Å². The molecule has 2 unspecified atom stereocenters. The van der Waals surface area contributed by atoms with Crippen molar-refractivity contribution < 1.29 is 14.9 Å². The molecule has 1 aromatic carbocycles. The molecule has 2 rings (SSSR count). The Morgan fingerprint density at radius 3 is 2.84 bits per heavy atom. The lowest BCUT2D eigenvalue weighted by molar-refractivity contribution is 0.131. The fraction of sp³-hybridized carbons (Fsp3) is 0.571. The van der Waals surface area contributed by atoms with Crippen molar-refractivity contribution in [2.24, 2.45) is 5.92 Å². The summed E-state index contributed by atoms with van der Waals surface area (Å²) in [6.45, 7) is 1.50. The van der Waals surface area contributed by atoms with E-state index in [9.17, 15) is 10.2 Å². The molecule has 1 aliphatic carbocycles. The quantitative estimate of drug-likeness (QED) is 0.776. The standard InChI is InChI=1S/C14H20BrNO3/c1-19-14-5-10(11(15)6-13(14)18)8-16-7-9-3-2-4-12(9)17/h5-6,9,12,16-18H,2-4,7-8H2,1H3. The highest BCUT2D eigenvalue weighted by Crippen LogP contribution is 2.32. The predicted molar refractivity (Wildman–Crippen MR) is 77.4 cm³/mol. The summed E-state index contributed by atoms with van der Waals surface area (Å²) in [5.41, 5.74) is 1.03. The highest BCUT2D eigenvalue weighted by molar-refractivity contribution is 9.10. The zero-order valence-electron chi connectivity index (χ0n) is 11.0. The molecule has 5 heteroatoms. The molecule has 0 spiro atoms. The van der Waals surface area contributed by atoms with E-state index in [1.807, 2.05) is 6.07 Å². The maximum absolute atomic E-state index is 9.76. The first-order chi connectivity index (χ1) is 9.11. The van der Waals surface area contributed by atoms with E-state index in [4.69, 9.17) is 4.74 Å². The Morgan fingerprint density at radius 2 is 2.21 bits per heavy atom. The molecular formula is C14H20BrNO3. The topological polar surface area (TPSA) is 61.7 Å². The van der Waals surface area contributed by atoms with E-state index >= 15 is 0 Å². The zero-order chi connectivity index (χ0) is 13.8. The van der Waals surface area contributed by atoms with E-state index in [-0.39, 0.29) is 11.9 Å². The third-order valence-electron chi connectivity index (χ3n) is 3.69. The van der Waals surface area contributed by atoms with Crippen LogP contribution in [0.1, 0.15) is 24.8 Å². The van der Waals surface area contributed by atoms with Gasteiger partial charge in [0, 0.05) is 17.6 Å². The summed E-state index contributed by atoms with van der Waals surface area (Å²) < 4.78 is 5.95. The summed E-state index contributed by atoms with van der Waals surface area (Å²) in [6.07, 6.45) is 2.96. The summed E-state index contributed by atoms with van der Waals surface area (Å²) in [5.74, 6) is 0.961. The number of halogens is 1. The van der Waals surface area contributed by atoms with Gasteiger partial charge in [-0.15, -0.1) is 0 Å². The predicted octanol–water partition coefficient (Wildman–Crippen LogP) is 2.41. The lowest BCUT2D eigenvalue weighted by Crippen LogP contribution is -2.27. The summed E-state index contributed by atoms with van der Waals surface area (Å²) >= 11 is 3.43. The van der Waals surface area contributed by atoms with Crippen molar-refractivity contribution in [3.63, 3.8) is 0 Å². The number of nitrogens with one attached hydrogen (secondary N) is 1. The Balaban J connectivity index is 1.92. The van der Waals surface area contributed by atoms with Gasteiger partial charge in [0.2, 0.25) is 0 Å². The van der Waals surface area contributed by atoms with Gasteiger partial charge in [-0.1, -0.05) is 22.4 Å². The number of phenolic OH excluding ortho intramolecular Hbond substituents is 1. The van der Waals surface area contributed by atoms with Crippen molar-refractivity contribution in [2.75, 3.05) is 13.7 Å². The van der Waals surface area contributed by atoms with Gasteiger partial charge < -0.3 is 20.3 Å². The monoisotopic (exact) mass is 329 g/mol. The molecule has 0 aliphatic heterocycles. The number of hydrogen-bond donors (Lipinski definition) is 3. The molecule has 1 fully saturated rings. The van der Waals surface area contributed by atoms with E-state index in [2.05, 4.69) is 21.2 Å².